The molecule has 0 radical (unpaired) electrons. The van der Waals surface area contributed by atoms with E-state index in [0.717, 1.165) is 23.1 Å². The molecule has 7 nitrogen and oxygen atoms in total. The number of thiophene rings is 1. The number of aromatic carboxylic acids is 1. The van der Waals surface area contributed by atoms with Crippen LogP contribution in [0.3, 0.4) is 0 Å². The lowest BCUT2D eigenvalue weighted by atomic mass is 10.1. The van der Waals surface area contributed by atoms with Crippen LogP contribution in [0.15, 0.2) is 21.7 Å². The second kappa shape index (κ2) is 5.25. The first kappa shape index (κ1) is 14.5. The number of carboxylic acid groups (broad SMARTS) is 1. The maximum Gasteiger partial charge on any atom is 0.336 e. The molecule has 20 heavy (non-hydrogen) atoms. The van der Waals surface area contributed by atoms with Gasteiger partial charge in [0.2, 0.25) is 0 Å². The van der Waals surface area contributed by atoms with Gasteiger partial charge in [-0.2, -0.15) is 5.10 Å². The van der Waals surface area contributed by atoms with Crippen molar-refractivity contribution >= 4 is 33.1 Å². The molecule has 2 aromatic heterocycles. The van der Waals surface area contributed by atoms with Gasteiger partial charge in [0.15, 0.2) is 5.82 Å². The number of anilines is 1. The number of hydrogen-bond donors (Lipinski definition) is 3. The van der Waals surface area contributed by atoms with E-state index in [2.05, 4.69) is 14.9 Å². The van der Waals surface area contributed by atoms with Crippen LogP contribution in [0, 0.1) is 0 Å². The predicted molar refractivity (Wildman–Crippen MR) is 74.8 cm³/mol. The van der Waals surface area contributed by atoms with Gasteiger partial charge in [0.1, 0.15) is 4.21 Å². The van der Waals surface area contributed by atoms with Gasteiger partial charge >= 0.3 is 5.97 Å². The molecule has 0 saturated carbocycles. The summed E-state index contributed by atoms with van der Waals surface area (Å²) >= 11 is 0.848. The fourth-order valence-electron chi connectivity index (χ4n) is 1.44. The molecule has 2 aromatic rings. The van der Waals surface area contributed by atoms with Crippen LogP contribution in [0.5, 0.6) is 0 Å². The molecule has 108 valence electrons. The number of nitrogens with zero attached hydrogens (tertiary/aromatic N) is 1. The van der Waals surface area contributed by atoms with Crippen molar-refractivity contribution in [2.24, 2.45) is 0 Å². The molecule has 0 spiro atoms. The summed E-state index contributed by atoms with van der Waals surface area (Å²) in [5.41, 5.74) is 0.750. The lowest BCUT2D eigenvalue weighted by Gasteiger charge is -2.01. The van der Waals surface area contributed by atoms with E-state index in [4.69, 9.17) is 5.11 Å². The van der Waals surface area contributed by atoms with Crippen LogP contribution in [0.2, 0.25) is 0 Å². The highest BCUT2D eigenvalue weighted by molar-refractivity contribution is 7.94. The highest BCUT2D eigenvalue weighted by Crippen LogP contribution is 2.23. The minimum absolute atomic E-state index is 0.0553. The van der Waals surface area contributed by atoms with E-state index in [0.29, 0.717) is 0 Å². The lowest BCUT2D eigenvalue weighted by Crippen LogP contribution is -2.11. The molecule has 0 unspecified atom stereocenters. The van der Waals surface area contributed by atoms with E-state index >= 15 is 0 Å². The van der Waals surface area contributed by atoms with Crippen molar-refractivity contribution in [3.8, 4) is 0 Å². The third-order valence-corrected chi connectivity index (χ3v) is 5.34. The number of carboxylic acids is 1. The summed E-state index contributed by atoms with van der Waals surface area (Å²) in [6.45, 7) is 3.90. The van der Waals surface area contributed by atoms with Gasteiger partial charge in [-0.3, -0.25) is 9.82 Å². The molecule has 0 fully saturated rings. The first-order valence-electron chi connectivity index (χ1n) is 5.69. The molecule has 0 aromatic carbocycles. The van der Waals surface area contributed by atoms with Crippen LogP contribution >= 0.6 is 11.3 Å². The summed E-state index contributed by atoms with van der Waals surface area (Å²) < 4.78 is 26.4. The first-order chi connectivity index (χ1) is 9.29. The zero-order valence-electron chi connectivity index (χ0n) is 10.7. The predicted octanol–water partition coefficient (Wildman–Crippen LogP) is 2.09. The normalized spacial score (nSPS) is 11.8. The van der Waals surface area contributed by atoms with E-state index < -0.39 is 16.0 Å². The van der Waals surface area contributed by atoms with Gasteiger partial charge in [-0.25, -0.2) is 13.2 Å². The Morgan fingerprint density at radius 3 is 2.65 bits per heavy atom. The number of sulfonamides is 1. The Kier molecular flexibility index (Phi) is 3.82. The summed E-state index contributed by atoms with van der Waals surface area (Å²) in [6.07, 6.45) is 0. The summed E-state index contributed by atoms with van der Waals surface area (Å²) in [5.74, 6) is -0.787. The van der Waals surface area contributed by atoms with Gasteiger partial charge in [-0.15, -0.1) is 11.3 Å². The van der Waals surface area contributed by atoms with E-state index in [1.807, 2.05) is 13.8 Å². The second-order valence-corrected chi connectivity index (χ2v) is 7.25. The third-order valence-electron chi connectivity index (χ3n) is 2.55. The van der Waals surface area contributed by atoms with Crippen LogP contribution in [-0.4, -0.2) is 29.7 Å². The van der Waals surface area contributed by atoms with Crippen molar-refractivity contribution in [3.63, 3.8) is 0 Å². The Labute approximate surface area is 119 Å². The molecule has 3 N–H and O–H groups in total. The number of H-pyrrole nitrogens is 1. The summed E-state index contributed by atoms with van der Waals surface area (Å²) in [7, 11) is -3.82. The van der Waals surface area contributed by atoms with E-state index in [1.54, 1.807) is 6.07 Å². The molecule has 2 rings (SSSR count). The fraction of sp³-hybridized carbons (Fsp3) is 0.273. The van der Waals surface area contributed by atoms with Crippen molar-refractivity contribution in [2.45, 2.75) is 24.0 Å². The van der Waals surface area contributed by atoms with Crippen LogP contribution < -0.4 is 4.72 Å². The zero-order chi connectivity index (χ0) is 14.9. The fourth-order valence-corrected chi connectivity index (χ4v) is 3.59. The molecule has 9 heteroatoms. The van der Waals surface area contributed by atoms with Crippen molar-refractivity contribution < 1.29 is 18.3 Å². The van der Waals surface area contributed by atoms with Crippen LogP contribution in [0.4, 0.5) is 5.82 Å². The molecular weight excluding hydrogens is 302 g/mol. The minimum Gasteiger partial charge on any atom is -0.478 e. The quantitative estimate of drug-likeness (QED) is 0.782. The van der Waals surface area contributed by atoms with Gasteiger partial charge in [0.25, 0.3) is 10.0 Å². The molecule has 0 aliphatic heterocycles. The van der Waals surface area contributed by atoms with Crippen LogP contribution in [0.1, 0.15) is 35.8 Å². The number of hydrogen-bond acceptors (Lipinski definition) is 5. The monoisotopic (exact) mass is 315 g/mol. The lowest BCUT2D eigenvalue weighted by molar-refractivity contribution is 0.0697. The SMILES string of the molecule is CC(C)c1cc(NS(=O)(=O)c2cc(C(=O)O)cs2)n[nH]1. The number of nitrogens with one attached hydrogen (secondary N) is 2. The summed E-state index contributed by atoms with van der Waals surface area (Å²) in [4.78, 5) is 10.8. The van der Waals surface area contributed by atoms with Crippen molar-refractivity contribution in [3.05, 3.63) is 28.8 Å². The standard InChI is InChI=1S/C11H13N3O4S2/c1-6(2)8-4-9(13-12-8)14-20(17,18)10-3-7(5-19-10)11(15)16/h3-6H,1-2H3,(H,15,16)(H2,12,13,14). The molecule has 0 amide bonds. The first-order valence-corrected chi connectivity index (χ1v) is 8.06. The average Bonchev–Trinajstić information content (AvgIpc) is 2.95. The molecular formula is C11H13N3O4S2. The van der Waals surface area contributed by atoms with Gasteiger partial charge in [0.05, 0.1) is 5.56 Å². The molecule has 0 atom stereocenters. The largest absolute Gasteiger partial charge is 0.478 e. The van der Waals surface area contributed by atoms with E-state index in [-0.39, 0.29) is 21.5 Å². The topological polar surface area (TPSA) is 112 Å². The minimum atomic E-state index is -3.82. The molecule has 2 heterocycles. The number of aromatic nitrogens is 2. The van der Waals surface area contributed by atoms with E-state index in [9.17, 15) is 13.2 Å². The van der Waals surface area contributed by atoms with Crippen molar-refractivity contribution in [1.82, 2.24) is 10.2 Å². The number of rotatable bonds is 5. The smallest absolute Gasteiger partial charge is 0.336 e. The maximum atomic E-state index is 12.1. The van der Waals surface area contributed by atoms with Crippen molar-refractivity contribution in [2.75, 3.05) is 4.72 Å². The highest BCUT2D eigenvalue weighted by Gasteiger charge is 2.20. The second-order valence-electron chi connectivity index (χ2n) is 4.43. The number of carbonyl (C=O) groups is 1. The van der Waals surface area contributed by atoms with Gasteiger partial charge in [0, 0.05) is 17.1 Å². The summed E-state index contributed by atoms with van der Waals surface area (Å²) in [6, 6.07) is 2.72. The Balaban J connectivity index is 2.23. The Hall–Kier alpha value is -1.87. The molecule has 0 aliphatic rings. The van der Waals surface area contributed by atoms with Gasteiger partial charge < -0.3 is 5.11 Å². The zero-order valence-corrected chi connectivity index (χ0v) is 12.4. The Bertz CT molecular complexity index is 730. The third kappa shape index (κ3) is 2.99. The highest BCUT2D eigenvalue weighted by atomic mass is 32.2. The summed E-state index contributed by atoms with van der Waals surface area (Å²) in [5, 5.41) is 16.7. The Morgan fingerprint density at radius 1 is 1.45 bits per heavy atom. The van der Waals surface area contributed by atoms with Gasteiger partial charge in [-0.1, -0.05) is 13.8 Å². The molecule has 0 saturated heterocycles. The van der Waals surface area contributed by atoms with E-state index in [1.165, 1.54) is 5.38 Å². The Morgan fingerprint density at radius 2 is 2.15 bits per heavy atom. The maximum absolute atomic E-state index is 12.1. The average molecular weight is 315 g/mol. The van der Waals surface area contributed by atoms with Gasteiger partial charge in [-0.05, 0) is 12.0 Å². The molecule has 0 bridgehead atoms. The molecule has 0 aliphatic carbocycles. The van der Waals surface area contributed by atoms with Crippen molar-refractivity contribution in [1.29, 1.82) is 0 Å². The number of aromatic amines is 1. The van der Waals surface area contributed by atoms with Crippen LogP contribution in [-0.2, 0) is 10.0 Å². The van der Waals surface area contributed by atoms with Crippen LogP contribution in [0.25, 0.3) is 0 Å².